The molecule has 2 aliphatic rings. The van der Waals surface area contributed by atoms with Gasteiger partial charge in [0, 0.05) is 12.6 Å². The Balaban J connectivity index is 1.56. The van der Waals surface area contributed by atoms with Crippen molar-refractivity contribution in [3.8, 4) is 0 Å². The average Bonchev–Trinajstić information content (AvgIpc) is 3.15. The second kappa shape index (κ2) is 5.93. The molecule has 3 rings (SSSR count). The molecule has 1 saturated carbocycles. The zero-order valence-electron chi connectivity index (χ0n) is 12.0. The van der Waals surface area contributed by atoms with Crippen LogP contribution in [0, 0.1) is 5.82 Å². The highest BCUT2D eigenvalue weighted by atomic mass is 32.2. The Morgan fingerprint density at radius 3 is 2.86 bits per heavy atom. The summed E-state index contributed by atoms with van der Waals surface area (Å²) in [7, 11) is -3.34. The van der Waals surface area contributed by atoms with Crippen molar-refractivity contribution in [2.24, 2.45) is 0 Å². The van der Waals surface area contributed by atoms with E-state index in [2.05, 4.69) is 5.32 Å². The third-order valence-corrected chi connectivity index (χ3v) is 5.93. The summed E-state index contributed by atoms with van der Waals surface area (Å²) in [6.07, 6.45) is 4.66. The SMILES string of the molecule is O=S(=O)(CCCCNC1CC1)N1CCc2ccc(F)cc21. The molecule has 0 saturated heterocycles. The number of sulfonamides is 1. The van der Waals surface area contributed by atoms with E-state index in [4.69, 9.17) is 0 Å². The van der Waals surface area contributed by atoms with Crippen molar-refractivity contribution in [1.82, 2.24) is 5.32 Å². The molecule has 6 heteroatoms. The minimum absolute atomic E-state index is 0.134. The first-order valence-electron chi connectivity index (χ1n) is 7.58. The number of halogens is 1. The van der Waals surface area contributed by atoms with E-state index in [9.17, 15) is 12.8 Å². The molecule has 1 aromatic carbocycles. The van der Waals surface area contributed by atoms with Gasteiger partial charge in [-0.2, -0.15) is 0 Å². The van der Waals surface area contributed by atoms with Gasteiger partial charge in [0.05, 0.1) is 11.4 Å². The van der Waals surface area contributed by atoms with Crippen LogP contribution in [-0.4, -0.2) is 33.3 Å². The predicted octanol–water partition coefficient (Wildman–Crippen LogP) is 2.05. The highest BCUT2D eigenvalue weighted by molar-refractivity contribution is 7.92. The Morgan fingerprint density at radius 2 is 2.10 bits per heavy atom. The van der Waals surface area contributed by atoms with E-state index in [1.165, 1.54) is 29.3 Å². The maximum absolute atomic E-state index is 13.3. The monoisotopic (exact) mass is 312 g/mol. The lowest BCUT2D eigenvalue weighted by Crippen LogP contribution is -2.31. The Hall–Kier alpha value is -1.14. The molecule has 0 amide bonds. The van der Waals surface area contributed by atoms with Crippen molar-refractivity contribution < 1.29 is 12.8 Å². The number of benzene rings is 1. The molecule has 0 bridgehead atoms. The Kier molecular flexibility index (Phi) is 4.17. The molecule has 1 heterocycles. The molecule has 21 heavy (non-hydrogen) atoms. The summed E-state index contributed by atoms with van der Waals surface area (Å²) in [4.78, 5) is 0. The fourth-order valence-corrected chi connectivity index (χ4v) is 4.35. The molecule has 0 spiro atoms. The summed E-state index contributed by atoms with van der Waals surface area (Å²) in [6.45, 7) is 1.31. The number of nitrogens with one attached hydrogen (secondary N) is 1. The van der Waals surface area contributed by atoms with Gasteiger partial charge in [0.15, 0.2) is 0 Å². The van der Waals surface area contributed by atoms with Crippen LogP contribution in [0.25, 0.3) is 0 Å². The van der Waals surface area contributed by atoms with Crippen molar-refractivity contribution in [2.45, 2.75) is 38.1 Å². The summed E-state index contributed by atoms with van der Waals surface area (Å²) in [5.74, 6) is -0.251. The molecule has 1 N–H and O–H groups in total. The standard InChI is InChI=1S/C15H21FN2O2S/c16-13-4-3-12-7-9-18(15(12)11-13)21(19,20)10-2-1-8-17-14-5-6-14/h3-4,11,14,17H,1-2,5-10H2. The molecule has 116 valence electrons. The van der Waals surface area contributed by atoms with Crippen molar-refractivity contribution in [2.75, 3.05) is 23.1 Å². The van der Waals surface area contributed by atoms with Crippen LogP contribution in [0.5, 0.6) is 0 Å². The van der Waals surface area contributed by atoms with Crippen molar-refractivity contribution in [1.29, 1.82) is 0 Å². The average molecular weight is 312 g/mol. The molecular formula is C15H21FN2O2S. The topological polar surface area (TPSA) is 49.4 Å². The first kappa shape index (κ1) is 14.8. The summed E-state index contributed by atoms with van der Waals surface area (Å²) < 4.78 is 39.5. The first-order chi connectivity index (χ1) is 10.1. The summed E-state index contributed by atoms with van der Waals surface area (Å²) in [5, 5.41) is 3.38. The fraction of sp³-hybridized carbons (Fsp3) is 0.600. The normalized spacial score (nSPS) is 18.0. The number of hydrogen-bond donors (Lipinski definition) is 1. The minimum Gasteiger partial charge on any atom is -0.314 e. The van der Waals surface area contributed by atoms with E-state index in [-0.39, 0.29) is 11.6 Å². The van der Waals surface area contributed by atoms with Gasteiger partial charge in [-0.3, -0.25) is 4.31 Å². The van der Waals surface area contributed by atoms with E-state index in [1.54, 1.807) is 6.07 Å². The van der Waals surface area contributed by atoms with E-state index in [0.717, 1.165) is 18.5 Å². The van der Waals surface area contributed by atoms with Crippen LogP contribution in [-0.2, 0) is 16.4 Å². The molecule has 1 aliphatic carbocycles. The Labute approximate surface area is 125 Å². The number of anilines is 1. The van der Waals surface area contributed by atoms with E-state index in [1.807, 2.05) is 0 Å². The molecular weight excluding hydrogens is 291 g/mol. The second-order valence-electron chi connectivity index (χ2n) is 5.85. The molecule has 1 aliphatic heterocycles. The fourth-order valence-electron chi connectivity index (χ4n) is 2.73. The zero-order valence-corrected chi connectivity index (χ0v) is 12.8. The molecule has 0 atom stereocenters. The van der Waals surface area contributed by atoms with Crippen LogP contribution in [0.3, 0.4) is 0 Å². The third kappa shape index (κ3) is 3.55. The second-order valence-corrected chi connectivity index (χ2v) is 7.86. The van der Waals surface area contributed by atoms with Gasteiger partial charge in [0.25, 0.3) is 0 Å². The smallest absolute Gasteiger partial charge is 0.235 e. The highest BCUT2D eigenvalue weighted by Gasteiger charge is 2.29. The van der Waals surface area contributed by atoms with Crippen LogP contribution in [0.2, 0.25) is 0 Å². The number of fused-ring (bicyclic) bond motifs is 1. The lowest BCUT2D eigenvalue weighted by Gasteiger charge is -2.19. The van der Waals surface area contributed by atoms with Gasteiger partial charge < -0.3 is 5.32 Å². The Bertz CT molecular complexity index is 614. The van der Waals surface area contributed by atoms with Crippen molar-refractivity contribution in [3.05, 3.63) is 29.6 Å². The highest BCUT2D eigenvalue weighted by Crippen LogP contribution is 2.31. The van der Waals surface area contributed by atoms with Gasteiger partial charge in [-0.15, -0.1) is 0 Å². The quantitative estimate of drug-likeness (QED) is 0.784. The van der Waals surface area contributed by atoms with Gasteiger partial charge in [-0.25, -0.2) is 12.8 Å². The number of hydrogen-bond acceptors (Lipinski definition) is 3. The maximum Gasteiger partial charge on any atom is 0.235 e. The lowest BCUT2D eigenvalue weighted by molar-refractivity contribution is 0.582. The van der Waals surface area contributed by atoms with E-state index >= 15 is 0 Å². The molecule has 1 fully saturated rings. The number of rotatable bonds is 7. The molecule has 0 unspecified atom stereocenters. The van der Waals surface area contributed by atoms with Crippen molar-refractivity contribution in [3.63, 3.8) is 0 Å². The van der Waals surface area contributed by atoms with Gasteiger partial charge in [-0.05, 0) is 56.3 Å². The van der Waals surface area contributed by atoms with Crippen LogP contribution in [0.1, 0.15) is 31.2 Å². The van der Waals surface area contributed by atoms with Crippen LogP contribution in [0.15, 0.2) is 18.2 Å². The molecule has 4 nitrogen and oxygen atoms in total. The number of nitrogens with zero attached hydrogens (tertiary/aromatic N) is 1. The predicted molar refractivity (Wildman–Crippen MR) is 81.5 cm³/mol. The summed E-state index contributed by atoms with van der Waals surface area (Å²) >= 11 is 0. The molecule has 0 radical (unpaired) electrons. The van der Waals surface area contributed by atoms with Gasteiger partial charge in [0.1, 0.15) is 5.82 Å². The lowest BCUT2D eigenvalue weighted by atomic mass is 10.2. The number of unbranched alkanes of at least 4 members (excludes halogenated alkanes) is 1. The summed E-state index contributed by atoms with van der Waals surface area (Å²) in [6, 6.07) is 5.06. The minimum atomic E-state index is -3.34. The van der Waals surface area contributed by atoms with Crippen LogP contribution >= 0.6 is 0 Å². The third-order valence-electron chi connectivity index (χ3n) is 4.08. The first-order valence-corrected chi connectivity index (χ1v) is 9.19. The van der Waals surface area contributed by atoms with Gasteiger partial charge in [0.2, 0.25) is 10.0 Å². The van der Waals surface area contributed by atoms with Crippen molar-refractivity contribution >= 4 is 15.7 Å². The van der Waals surface area contributed by atoms with E-state index < -0.39 is 10.0 Å². The Morgan fingerprint density at radius 1 is 1.29 bits per heavy atom. The molecule has 1 aromatic rings. The molecule has 0 aromatic heterocycles. The van der Waals surface area contributed by atoms with Gasteiger partial charge in [-0.1, -0.05) is 6.07 Å². The van der Waals surface area contributed by atoms with Gasteiger partial charge >= 0.3 is 0 Å². The van der Waals surface area contributed by atoms with Crippen LogP contribution in [0.4, 0.5) is 10.1 Å². The summed E-state index contributed by atoms with van der Waals surface area (Å²) in [5.41, 5.74) is 1.43. The maximum atomic E-state index is 13.3. The zero-order chi connectivity index (χ0) is 14.9. The van der Waals surface area contributed by atoms with E-state index in [0.29, 0.717) is 31.1 Å². The largest absolute Gasteiger partial charge is 0.314 e. The van der Waals surface area contributed by atoms with Crippen LogP contribution < -0.4 is 9.62 Å².